The lowest BCUT2D eigenvalue weighted by Crippen LogP contribution is -2.29. The van der Waals surface area contributed by atoms with Crippen LogP contribution in [0.15, 0.2) is 40.9 Å². The average molecular weight is 390 g/mol. The lowest BCUT2D eigenvalue weighted by atomic mass is 9.92. The Hall–Kier alpha value is -2.01. The highest BCUT2D eigenvalue weighted by molar-refractivity contribution is 9.10. The van der Waals surface area contributed by atoms with Gasteiger partial charge in [-0.2, -0.15) is 0 Å². The van der Waals surface area contributed by atoms with Gasteiger partial charge in [0.15, 0.2) is 0 Å². The Morgan fingerprint density at radius 3 is 2.58 bits per heavy atom. The van der Waals surface area contributed by atoms with E-state index in [-0.39, 0.29) is 11.8 Å². The summed E-state index contributed by atoms with van der Waals surface area (Å²) in [6.07, 6.45) is 0.603. The molecule has 0 fully saturated rings. The number of amides is 1. The molecule has 2 aromatic carbocycles. The summed E-state index contributed by atoms with van der Waals surface area (Å²) in [4.78, 5) is 14.7. The second kappa shape index (κ2) is 6.85. The molecule has 2 aromatic rings. The number of methoxy groups -OCH3 is 2. The summed E-state index contributed by atoms with van der Waals surface area (Å²) >= 11 is 3.52. The van der Waals surface area contributed by atoms with E-state index in [1.165, 1.54) is 0 Å². The smallest absolute Gasteiger partial charge is 0.234 e. The normalized spacial score (nSPS) is 16.2. The summed E-state index contributed by atoms with van der Waals surface area (Å²) in [6, 6.07) is 11.8. The molecule has 1 aliphatic heterocycles. The van der Waals surface area contributed by atoms with Crippen molar-refractivity contribution in [2.75, 3.05) is 25.7 Å². The van der Waals surface area contributed by atoms with Crippen molar-refractivity contribution in [3.63, 3.8) is 0 Å². The number of hydrogen-bond donors (Lipinski definition) is 0. The highest BCUT2D eigenvalue weighted by atomic mass is 79.9. The standard InChI is InChI=1S/C19H20BrNO3/c1-4-21-17-8-6-13(20)10-15(17)16(19(21)22)9-12-5-7-14(23-2)11-18(12)24-3/h5-8,10-11,16H,4,9H2,1-3H3/t16-/m0/s1. The van der Waals surface area contributed by atoms with Crippen LogP contribution in [0, 0.1) is 0 Å². The fourth-order valence-corrected chi connectivity index (χ4v) is 3.63. The van der Waals surface area contributed by atoms with Gasteiger partial charge in [0.1, 0.15) is 11.5 Å². The van der Waals surface area contributed by atoms with Gasteiger partial charge in [0.05, 0.1) is 20.1 Å². The second-order valence-corrected chi connectivity index (χ2v) is 6.64. The third kappa shape index (κ3) is 2.88. The van der Waals surface area contributed by atoms with E-state index < -0.39 is 0 Å². The van der Waals surface area contributed by atoms with E-state index >= 15 is 0 Å². The van der Waals surface area contributed by atoms with E-state index in [2.05, 4.69) is 15.9 Å². The number of carbonyl (C=O) groups excluding carboxylic acids is 1. The summed E-state index contributed by atoms with van der Waals surface area (Å²) in [6.45, 7) is 2.67. The highest BCUT2D eigenvalue weighted by Gasteiger charge is 2.36. The second-order valence-electron chi connectivity index (χ2n) is 5.72. The Balaban J connectivity index is 1.99. The van der Waals surface area contributed by atoms with Gasteiger partial charge in [-0.05, 0) is 48.7 Å². The van der Waals surface area contributed by atoms with Gasteiger partial charge in [0.2, 0.25) is 5.91 Å². The fourth-order valence-electron chi connectivity index (χ4n) is 3.25. The average Bonchev–Trinajstić information content (AvgIpc) is 2.86. The minimum absolute atomic E-state index is 0.142. The Kier molecular flexibility index (Phi) is 4.81. The van der Waals surface area contributed by atoms with Crippen LogP contribution in [0.25, 0.3) is 0 Å². The van der Waals surface area contributed by atoms with Crippen LogP contribution in [0.3, 0.4) is 0 Å². The van der Waals surface area contributed by atoms with Crippen LogP contribution in [0.2, 0.25) is 0 Å². The van der Waals surface area contributed by atoms with Crippen molar-refractivity contribution >= 4 is 27.5 Å². The molecule has 1 aliphatic rings. The van der Waals surface area contributed by atoms with Gasteiger partial charge >= 0.3 is 0 Å². The van der Waals surface area contributed by atoms with Crippen molar-refractivity contribution in [3.8, 4) is 11.5 Å². The number of nitrogens with zero attached hydrogens (tertiary/aromatic N) is 1. The van der Waals surface area contributed by atoms with Crippen molar-refractivity contribution in [2.24, 2.45) is 0 Å². The van der Waals surface area contributed by atoms with E-state index in [1.54, 1.807) is 14.2 Å². The summed E-state index contributed by atoms with van der Waals surface area (Å²) in [5.41, 5.74) is 3.07. The quantitative estimate of drug-likeness (QED) is 0.770. The topological polar surface area (TPSA) is 38.8 Å². The molecule has 0 radical (unpaired) electrons. The molecule has 0 aliphatic carbocycles. The van der Waals surface area contributed by atoms with Crippen LogP contribution in [-0.4, -0.2) is 26.7 Å². The Labute approximate surface area is 150 Å². The molecular formula is C19H20BrNO3. The lowest BCUT2D eigenvalue weighted by Gasteiger charge is -2.16. The molecule has 0 saturated carbocycles. The molecule has 1 atom stereocenters. The first-order valence-corrected chi connectivity index (χ1v) is 8.70. The molecule has 5 heteroatoms. The largest absolute Gasteiger partial charge is 0.497 e. The minimum atomic E-state index is -0.195. The van der Waals surface area contributed by atoms with Gasteiger partial charge in [-0.25, -0.2) is 0 Å². The number of fused-ring (bicyclic) bond motifs is 1. The summed E-state index contributed by atoms with van der Waals surface area (Å²) < 4.78 is 11.7. The van der Waals surface area contributed by atoms with E-state index in [0.29, 0.717) is 13.0 Å². The fraction of sp³-hybridized carbons (Fsp3) is 0.316. The van der Waals surface area contributed by atoms with Crippen LogP contribution < -0.4 is 14.4 Å². The van der Waals surface area contributed by atoms with Gasteiger partial charge in [-0.3, -0.25) is 4.79 Å². The third-order valence-electron chi connectivity index (χ3n) is 4.45. The molecule has 0 bridgehead atoms. The van der Waals surface area contributed by atoms with Crippen molar-refractivity contribution < 1.29 is 14.3 Å². The molecule has 0 saturated heterocycles. The summed E-state index contributed by atoms with van der Waals surface area (Å²) in [5, 5.41) is 0. The Bertz CT molecular complexity index is 775. The first kappa shape index (κ1) is 16.8. The number of carbonyl (C=O) groups is 1. The van der Waals surface area contributed by atoms with Crippen LogP contribution in [-0.2, 0) is 11.2 Å². The van der Waals surface area contributed by atoms with Gasteiger partial charge in [-0.15, -0.1) is 0 Å². The first-order valence-electron chi connectivity index (χ1n) is 7.90. The van der Waals surface area contributed by atoms with Crippen molar-refractivity contribution in [1.82, 2.24) is 0 Å². The van der Waals surface area contributed by atoms with E-state index in [4.69, 9.17) is 9.47 Å². The molecule has 0 spiro atoms. The predicted molar refractivity (Wildman–Crippen MR) is 98.2 cm³/mol. The molecule has 24 heavy (non-hydrogen) atoms. The molecule has 0 unspecified atom stereocenters. The number of ether oxygens (including phenoxy) is 2. The third-order valence-corrected chi connectivity index (χ3v) is 4.95. The zero-order valence-electron chi connectivity index (χ0n) is 14.0. The zero-order valence-corrected chi connectivity index (χ0v) is 15.6. The van der Waals surface area contributed by atoms with Crippen molar-refractivity contribution in [2.45, 2.75) is 19.3 Å². The van der Waals surface area contributed by atoms with E-state index in [0.717, 1.165) is 32.8 Å². The molecule has 1 heterocycles. The predicted octanol–water partition coefficient (Wildman–Crippen LogP) is 4.16. The minimum Gasteiger partial charge on any atom is -0.497 e. The number of halogens is 1. The number of anilines is 1. The van der Waals surface area contributed by atoms with Crippen LogP contribution in [0.1, 0.15) is 24.0 Å². The molecule has 3 rings (SSSR count). The van der Waals surface area contributed by atoms with Crippen molar-refractivity contribution in [1.29, 1.82) is 0 Å². The number of benzene rings is 2. The van der Waals surface area contributed by atoms with Crippen LogP contribution in [0.4, 0.5) is 5.69 Å². The molecule has 0 aromatic heterocycles. The summed E-state index contributed by atoms with van der Waals surface area (Å²) in [5.74, 6) is 1.43. The maximum Gasteiger partial charge on any atom is 0.234 e. The maximum atomic E-state index is 12.9. The van der Waals surface area contributed by atoms with Gasteiger partial charge in [0, 0.05) is 22.8 Å². The van der Waals surface area contributed by atoms with Gasteiger partial charge < -0.3 is 14.4 Å². The number of hydrogen-bond acceptors (Lipinski definition) is 3. The van der Waals surface area contributed by atoms with Gasteiger partial charge in [0.25, 0.3) is 0 Å². The van der Waals surface area contributed by atoms with Crippen LogP contribution in [0.5, 0.6) is 11.5 Å². The summed E-state index contributed by atoms with van der Waals surface area (Å²) in [7, 11) is 3.26. The Morgan fingerprint density at radius 1 is 1.12 bits per heavy atom. The molecule has 126 valence electrons. The van der Waals surface area contributed by atoms with Gasteiger partial charge in [-0.1, -0.05) is 22.0 Å². The monoisotopic (exact) mass is 389 g/mol. The zero-order chi connectivity index (χ0) is 17.3. The molecule has 1 amide bonds. The first-order chi connectivity index (χ1) is 11.6. The molecular weight excluding hydrogens is 370 g/mol. The molecule has 4 nitrogen and oxygen atoms in total. The number of likely N-dealkylation sites (N-methyl/N-ethyl adjacent to an activating group) is 1. The lowest BCUT2D eigenvalue weighted by molar-refractivity contribution is -0.119. The Morgan fingerprint density at radius 2 is 1.92 bits per heavy atom. The van der Waals surface area contributed by atoms with E-state index in [9.17, 15) is 4.79 Å². The van der Waals surface area contributed by atoms with Crippen molar-refractivity contribution in [3.05, 3.63) is 52.0 Å². The highest BCUT2D eigenvalue weighted by Crippen LogP contribution is 2.41. The molecule has 0 N–H and O–H groups in total. The maximum absolute atomic E-state index is 12.9. The number of rotatable bonds is 5. The SMILES string of the molecule is CCN1C(=O)[C@@H](Cc2ccc(OC)cc2OC)c2cc(Br)ccc21. The van der Waals surface area contributed by atoms with Crippen LogP contribution >= 0.6 is 15.9 Å². The van der Waals surface area contributed by atoms with E-state index in [1.807, 2.05) is 48.2 Å².